The fourth-order valence-electron chi connectivity index (χ4n) is 3.01. The first-order chi connectivity index (χ1) is 12.3. The van der Waals surface area contributed by atoms with E-state index in [0.29, 0.717) is 12.0 Å². The van der Waals surface area contributed by atoms with E-state index in [1.54, 1.807) is 26.2 Å². The summed E-state index contributed by atoms with van der Waals surface area (Å²) in [6, 6.07) is 11.5. The molecule has 0 fully saturated rings. The summed E-state index contributed by atoms with van der Waals surface area (Å²) in [7, 11) is -0.504. The monoisotopic (exact) mass is 374 g/mol. The molecule has 0 bridgehead atoms. The number of carbonyl (C=O) groups is 1. The number of nitrogens with one attached hydrogen (secondary N) is 1. The summed E-state index contributed by atoms with van der Waals surface area (Å²) in [4.78, 5) is 13.6. The van der Waals surface area contributed by atoms with Crippen LogP contribution in [0.1, 0.15) is 21.5 Å². The molecule has 0 aromatic heterocycles. The van der Waals surface area contributed by atoms with Gasteiger partial charge in [-0.2, -0.15) is 0 Å². The van der Waals surface area contributed by atoms with Crippen molar-refractivity contribution in [3.05, 3.63) is 59.2 Å². The highest BCUT2D eigenvalue weighted by molar-refractivity contribution is 7.89. The number of benzene rings is 2. The summed E-state index contributed by atoms with van der Waals surface area (Å²) in [6.45, 7) is 2.24. The van der Waals surface area contributed by atoms with E-state index >= 15 is 0 Å². The molecule has 2 aromatic carbocycles. The van der Waals surface area contributed by atoms with Crippen molar-refractivity contribution in [2.24, 2.45) is 0 Å². The fraction of sp³-hybridized carbons (Fsp3) is 0.316. The van der Waals surface area contributed by atoms with Crippen LogP contribution in [0.2, 0.25) is 0 Å². The molecule has 1 aliphatic heterocycles. The maximum atomic E-state index is 12.7. The molecule has 0 saturated heterocycles. The van der Waals surface area contributed by atoms with Crippen LogP contribution in [-0.2, 0) is 16.4 Å². The number of rotatable bonds is 4. The third-order valence-corrected chi connectivity index (χ3v) is 5.83. The molecular weight excluding hydrogens is 352 g/mol. The molecule has 1 heterocycles. The summed E-state index contributed by atoms with van der Waals surface area (Å²) in [5, 5.41) is 0. The van der Waals surface area contributed by atoms with E-state index in [1.165, 1.54) is 17.0 Å². The van der Waals surface area contributed by atoms with Crippen LogP contribution in [0, 0.1) is 6.92 Å². The predicted molar refractivity (Wildman–Crippen MR) is 98.9 cm³/mol. The van der Waals surface area contributed by atoms with Crippen LogP contribution >= 0.6 is 0 Å². The van der Waals surface area contributed by atoms with Gasteiger partial charge in [0, 0.05) is 19.7 Å². The van der Waals surface area contributed by atoms with Gasteiger partial charge in [-0.15, -0.1) is 0 Å². The number of sulfonamides is 1. The molecule has 0 saturated carbocycles. The molecule has 1 aliphatic rings. The summed E-state index contributed by atoms with van der Waals surface area (Å²) in [5.74, 6) is 0.592. The minimum atomic E-state index is -3.76. The first-order valence-corrected chi connectivity index (χ1v) is 9.81. The van der Waals surface area contributed by atoms with E-state index in [9.17, 15) is 13.2 Å². The maximum Gasteiger partial charge on any atom is 0.253 e. The van der Waals surface area contributed by atoms with Crippen molar-refractivity contribution in [3.63, 3.8) is 0 Å². The van der Waals surface area contributed by atoms with E-state index in [0.717, 1.165) is 16.9 Å². The molecule has 1 atom stereocenters. The lowest BCUT2D eigenvalue weighted by Crippen LogP contribution is -2.42. The second-order valence-electron chi connectivity index (χ2n) is 6.62. The number of hydrogen-bond acceptors (Lipinski definition) is 4. The largest absolute Gasteiger partial charge is 0.491 e. The van der Waals surface area contributed by atoms with Crippen LogP contribution in [0.5, 0.6) is 5.75 Å². The highest BCUT2D eigenvalue weighted by Crippen LogP contribution is 2.28. The Morgan fingerprint density at radius 3 is 2.65 bits per heavy atom. The van der Waals surface area contributed by atoms with Crippen LogP contribution in [-0.4, -0.2) is 46.0 Å². The zero-order valence-electron chi connectivity index (χ0n) is 15.0. The molecule has 2 aromatic rings. The number of fused-ring (bicyclic) bond motifs is 1. The normalized spacial score (nSPS) is 16.5. The Kier molecular flexibility index (Phi) is 5.02. The Hall–Kier alpha value is -2.38. The Bertz CT molecular complexity index is 938. The van der Waals surface area contributed by atoms with Crippen molar-refractivity contribution in [3.8, 4) is 5.75 Å². The van der Waals surface area contributed by atoms with Crippen LogP contribution in [0.3, 0.4) is 0 Å². The number of carbonyl (C=O) groups excluding carboxylic acids is 1. The number of ether oxygens (including phenoxy) is 1. The topological polar surface area (TPSA) is 75.7 Å². The summed E-state index contributed by atoms with van der Waals surface area (Å²) < 4.78 is 33.9. The Morgan fingerprint density at radius 1 is 1.19 bits per heavy atom. The van der Waals surface area contributed by atoms with E-state index < -0.39 is 10.0 Å². The summed E-state index contributed by atoms with van der Waals surface area (Å²) in [5.41, 5.74) is 2.36. The van der Waals surface area contributed by atoms with Crippen LogP contribution in [0.25, 0.3) is 0 Å². The summed E-state index contributed by atoms with van der Waals surface area (Å²) >= 11 is 0. The molecule has 0 aliphatic carbocycles. The molecule has 1 unspecified atom stereocenters. The molecule has 138 valence electrons. The zero-order valence-corrected chi connectivity index (χ0v) is 15.8. The minimum Gasteiger partial charge on any atom is -0.491 e. The highest BCUT2D eigenvalue weighted by atomic mass is 32.2. The van der Waals surface area contributed by atoms with Crippen molar-refractivity contribution in [2.75, 3.05) is 20.7 Å². The average molecular weight is 374 g/mol. The van der Waals surface area contributed by atoms with Gasteiger partial charge in [0.25, 0.3) is 5.91 Å². The standard InChI is InChI=1S/C19H22N2O4S/c1-13-6-4-7-14-10-16(12-25-18(13)14)20-26(23,24)17-9-5-8-15(11-17)19(22)21(2)3/h4-9,11,16,20H,10,12H2,1-3H3. The van der Waals surface area contributed by atoms with Gasteiger partial charge in [0.1, 0.15) is 12.4 Å². The van der Waals surface area contributed by atoms with E-state index in [1.807, 2.05) is 25.1 Å². The van der Waals surface area contributed by atoms with Crippen LogP contribution in [0.15, 0.2) is 47.4 Å². The molecule has 6 nitrogen and oxygen atoms in total. The lowest BCUT2D eigenvalue weighted by atomic mass is 10.0. The van der Waals surface area contributed by atoms with E-state index in [4.69, 9.17) is 4.74 Å². The van der Waals surface area contributed by atoms with Gasteiger partial charge in [0.15, 0.2) is 0 Å². The first kappa shape index (κ1) is 18.4. The lowest BCUT2D eigenvalue weighted by molar-refractivity contribution is 0.0827. The molecule has 1 N–H and O–H groups in total. The van der Waals surface area contributed by atoms with Crippen molar-refractivity contribution in [1.29, 1.82) is 0 Å². The minimum absolute atomic E-state index is 0.0697. The fourth-order valence-corrected chi connectivity index (χ4v) is 4.27. The van der Waals surface area contributed by atoms with Crippen molar-refractivity contribution < 1.29 is 17.9 Å². The number of amides is 1. The molecule has 3 rings (SSSR count). The predicted octanol–water partition coefficient (Wildman–Crippen LogP) is 1.98. The van der Waals surface area contributed by atoms with Gasteiger partial charge in [0.05, 0.1) is 10.9 Å². The Labute approximate surface area is 153 Å². The van der Waals surface area contributed by atoms with Gasteiger partial charge >= 0.3 is 0 Å². The van der Waals surface area contributed by atoms with Crippen molar-refractivity contribution in [2.45, 2.75) is 24.3 Å². The maximum absolute atomic E-state index is 12.7. The smallest absolute Gasteiger partial charge is 0.253 e. The van der Waals surface area contributed by atoms with Gasteiger partial charge in [-0.05, 0) is 42.7 Å². The van der Waals surface area contributed by atoms with Gasteiger partial charge in [0.2, 0.25) is 10.0 Å². The quantitative estimate of drug-likeness (QED) is 0.888. The van der Waals surface area contributed by atoms with Crippen LogP contribution < -0.4 is 9.46 Å². The highest BCUT2D eigenvalue weighted by Gasteiger charge is 2.26. The molecule has 7 heteroatoms. The SMILES string of the molecule is Cc1cccc2c1OCC(NS(=O)(=O)c1cccc(C(=O)N(C)C)c1)C2. The third kappa shape index (κ3) is 3.73. The van der Waals surface area contributed by atoms with Crippen molar-refractivity contribution >= 4 is 15.9 Å². The van der Waals surface area contributed by atoms with Crippen LogP contribution in [0.4, 0.5) is 0 Å². The van der Waals surface area contributed by atoms with Crippen molar-refractivity contribution in [1.82, 2.24) is 9.62 Å². The van der Waals surface area contributed by atoms with Gasteiger partial charge in [-0.25, -0.2) is 13.1 Å². The number of aryl methyl sites for hydroxylation is 1. The molecule has 0 radical (unpaired) electrons. The number of hydrogen-bond donors (Lipinski definition) is 1. The average Bonchev–Trinajstić information content (AvgIpc) is 2.61. The van der Waals surface area contributed by atoms with Gasteiger partial charge in [-0.3, -0.25) is 4.79 Å². The van der Waals surface area contributed by atoms with Gasteiger partial charge < -0.3 is 9.64 Å². The number of nitrogens with zero attached hydrogens (tertiary/aromatic N) is 1. The molecule has 1 amide bonds. The molecule has 0 spiro atoms. The van der Waals surface area contributed by atoms with Gasteiger partial charge in [-0.1, -0.05) is 24.3 Å². The zero-order chi connectivity index (χ0) is 18.9. The second-order valence-corrected chi connectivity index (χ2v) is 8.34. The Balaban J connectivity index is 1.80. The third-order valence-electron chi connectivity index (χ3n) is 4.31. The Morgan fingerprint density at radius 2 is 1.92 bits per heavy atom. The molecular formula is C19H22N2O4S. The van der Waals surface area contributed by atoms with E-state index in [-0.39, 0.29) is 23.5 Å². The number of para-hydroxylation sites is 1. The summed E-state index contributed by atoms with van der Waals surface area (Å²) in [6.07, 6.45) is 0.562. The second kappa shape index (κ2) is 7.09. The first-order valence-electron chi connectivity index (χ1n) is 8.33. The van der Waals surface area contributed by atoms with E-state index in [2.05, 4.69) is 4.72 Å². The molecule has 26 heavy (non-hydrogen) atoms. The lowest BCUT2D eigenvalue weighted by Gasteiger charge is -2.27.